The number of carbonyl (C=O) groups is 4. The number of anilines is 1. The summed E-state index contributed by atoms with van der Waals surface area (Å²) in [6, 6.07) is 9.98. The van der Waals surface area contributed by atoms with Gasteiger partial charge >= 0.3 is 24.4 Å². The molecule has 0 aliphatic heterocycles. The van der Waals surface area contributed by atoms with Gasteiger partial charge in [0.05, 0.1) is 6.20 Å². The molecule has 2 aromatic heterocycles. The lowest BCUT2D eigenvalue weighted by molar-refractivity contribution is -0.394. The van der Waals surface area contributed by atoms with Crippen LogP contribution in [-0.2, 0) is 34.0 Å². The number of aromatic nitrogens is 3. The molecular formula is C27H26ClF8N7O7. The first-order chi connectivity index (χ1) is 23.2. The highest BCUT2D eigenvalue weighted by Gasteiger charge is 2.38. The van der Waals surface area contributed by atoms with Crippen molar-refractivity contribution in [1.82, 2.24) is 25.5 Å². The largest absolute Gasteiger partial charge is 0.542 e. The number of carboxylic acid groups (broad SMARTS) is 2. The lowest BCUT2D eigenvalue weighted by atomic mass is 10.1. The van der Waals surface area contributed by atoms with Gasteiger partial charge < -0.3 is 36.3 Å². The minimum Gasteiger partial charge on any atom is -0.542 e. The Balaban J connectivity index is 0.000000748. The van der Waals surface area contributed by atoms with E-state index in [2.05, 4.69) is 31.2 Å². The molecule has 1 aromatic carbocycles. The van der Waals surface area contributed by atoms with Gasteiger partial charge in [0, 0.05) is 32.3 Å². The summed E-state index contributed by atoms with van der Waals surface area (Å²) in [6.45, 7) is -0.0743. The molecule has 0 aliphatic carbocycles. The van der Waals surface area contributed by atoms with E-state index < -0.39 is 54.8 Å². The molecule has 23 heteroatoms. The highest BCUT2D eigenvalue weighted by atomic mass is 35.5. The zero-order valence-corrected chi connectivity index (χ0v) is 25.9. The SMILES string of the molecule is CNC(=O)NCc1ccccc1CNC(=O)Cn1c(Cl)cnc(NC(c2cccc[nH+]2)C(F)F)c1=O.O=C(O)C(F)(F)F.O=C([O-])C(F)(F)F. The molecule has 0 fully saturated rings. The fourth-order valence-electron chi connectivity index (χ4n) is 3.30. The molecular weight excluding hydrogens is 722 g/mol. The molecule has 0 saturated heterocycles. The maximum Gasteiger partial charge on any atom is 0.490 e. The molecule has 0 aliphatic rings. The first kappa shape index (κ1) is 42.5. The first-order valence-corrected chi connectivity index (χ1v) is 13.7. The second kappa shape index (κ2) is 19.5. The zero-order valence-electron chi connectivity index (χ0n) is 25.2. The van der Waals surface area contributed by atoms with E-state index in [1.54, 1.807) is 30.3 Å². The van der Waals surface area contributed by atoms with Crippen LogP contribution in [0.1, 0.15) is 22.9 Å². The molecule has 14 nitrogen and oxygen atoms in total. The molecule has 274 valence electrons. The van der Waals surface area contributed by atoms with Crippen molar-refractivity contribution >= 4 is 41.3 Å². The smallest absolute Gasteiger partial charge is 0.490 e. The highest BCUT2D eigenvalue weighted by Crippen LogP contribution is 2.21. The highest BCUT2D eigenvalue weighted by molar-refractivity contribution is 6.29. The third kappa shape index (κ3) is 14.7. The fraction of sp³-hybridized carbons (Fsp3) is 0.296. The van der Waals surface area contributed by atoms with Gasteiger partial charge in [-0.05, 0) is 11.1 Å². The summed E-state index contributed by atoms with van der Waals surface area (Å²) in [5.74, 6) is -6.67. The van der Waals surface area contributed by atoms with Crippen LogP contribution in [0.25, 0.3) is 0 Å². The van der Waals surface area contributed by atoms with Gasteiger partial charge in [0.1, 0.15) is 17.7 Å². The van der Waals surface area contributed by atoms with Gasteiger partial charge in [-0.3, -0.25) is 14.2 Å². The van der Waals surface area contributed by atoms with Gasteiger partial charge in [0.15, 0.2) is 18.1 Å². The van der Waals surface area contributed by atoms with E-state index in [1.807, 2.05) is 6.07 Å². The molecule has 1 unspecified atom stereocenters. The number of rotatable bonds is 10. The number of nitrogens with zero attached hydrogens (tertiary/aromatic N) is 2. The monoisotopic (exact) mass is 747 g/mol. The second-order valence-electron chi connectivity index (χ2n) is 9.16. The molecule has 2 heterocycles. The van der Waals surface area contributed by atoms with Crippen LogP contribution >= 0.6 is 11.6 Å². The van der Waals surface area contributed by atoms with E-state index in [0.717, 1.165) is 21.9 Å². The molecule has 0 spiro atoms. The quantitative estimate of drug-likeness (QED) is 0.191. The first-order valence-electron chi connectivity index (χ1n) is 13.3. The summed E-state index contributed by atoms with van der Waals surface area (Å²) < 4.78 is 91.6. The number of amides is 3. The van der Waals surface area contributed by atoms with E-state index in [-0.39, 0.29) is 35.8 Å². The Kier molecular flexibility index (Phi) is 16.5. The van der Waals surface area contributed by atoms with E-state index in [0.29, 0.717) is 0 Å². The van der Waals surface area contributed by atoms with Crippen LogP contribution in [0.15, 0.2) is 59.7 Å². The van der Waals surface area contributed by atoms with Crippen LogP contribution in [0, 0.1) is 0 Å². The summed E-state index contributed by atoms with van der Waals surface area (Å²) >= 11 is 6.08. The molecule has 3 rings (SSSR count). The Hall–Kier alpha value is -5.54. The number of carboxylic acids is 2. The minimum atomic E-state index is -5.19. The number of pyridine rings is 1. The molecule has 6 N–H and O–H groups in total. The minimum absolute atomic E-state index is 0.129. The van der Waals surface area contributed by atoms with E-state index in [9.17, 15) is 49.5 Å². The van der Waals surface area contributed by atoms with E-state index >= 15 is 0 Å². The fourth-order valence-corrected chi connectivity index (χ4v) is 3.48. The number of H-pyrrole nitrogens is 1. The summed E-state index contributed by atoms with van der Waals surface area (Å²) in [6.07, 6.45) is -10.5. The van der Waals surface area contributed by atoms with Crippen molar-refractivity contribution in [3.8, 4) is 0 Å². The number of nitrogens with one attached hydrogen (secondary N) is 5. The van der Waals surface area contributed by atoms with Crippen LogP contribution in [-0.4, -0.2) is 64.4 Å². The van der Waals surface area contributed by atoms with Crippen molar-refractivity contribution in [1.29, 1.82) is 0 Å². The second-order valence-corrected chi connectivity index (χ2v) is 9.55. The Labute approximate surface area is 280 Å². The summed E-state index contributed by atoms with van der Waals surface area (Å²) in [4.78, 5) is 61.2. The standard InChI is InChI=1S/C23H24ClF2N7O3.2C2HF3O2/c1-27-23(36)31-11-15-7-3-2-6-14(15)10-29-18(34)13-33-17(24)12-30-21(22(33)35)32-19(20(25)26)16-8-4-5-9-28-16;2*3-2(4,5)1(6)7/h2-9,12,19-20H,10-11,13H2,1H3,(H,29,34)(H,30,32)(H2,27,31,36);2*(H,6,7). The number of urea groups is 1. The van der Waals surface area contributed by atoms with Crippen molar-refractivity contribution in [2.45, 2.75) is 44.5 Å². The van der Waals surface area contributed by atoms with Crippen LogP contribution in [0.2, 0.25) is 5.15 Å². The number of carbonyl (C=O) groups excluding carboxylic acids is 3. The van der Waals surface area contributed by atoms with Gasteiger partial charge in [-0.1, -0.05) is 41.9 Å². The molecule has 1 atom stereocenters. The number of hydrogen-bond donors (Lipinski definition) is 5. The Morgan fingerprint density at radius 1 is 0.960 bits per heavy atom. The maximum absolute atomic E-state index is 13.7. The molecule has 3 aromatic rings. The Bertz CT molecular complexity index is 1640. The van der Waals surface area contributed by atoms with Crippen molar-refractivity contribution in [3.63, 3.8) is 0 Å². The molecule has 3 amide bonds. The number of aliphatic carboxylic acids is 2. The van der Waals surface area contributed by atoms with Crippen molar-refractivity contribution < 1.29 is 69.5 Å². The predicted octanol–water partition coefficient (Wildman–Crippen LogP) is 1.81. The maximum atomic E-state index is 13.7. The Morgan fingerprint density at radius 3 is 1.92 bits per heavy atom. The van der Waals surface area contributed by atoms with E-state index in [1.165, 1.54) is 19.3 Å². The summed E-state index contributed by atoms with van der Waals surface area (Å²) in [5, 5.41) is 26.1. The lowest BCUT2D eigenvalue weighted by Crippen LogP contribution is -2.37. The van der Waals surface area contributed by atoms with Crippen molar-refractivity contribution in [3.05, 3.63) is 87.2 Å². The van der Waals surface area contributed by atoms with Gasteiger partial charge in [0.25, 0.3) is 12.0 Å². The van der Waals surface area contributed by atoms with Crippen LogP contribution in [0.3, 0.4) is 0 Å². The van der Waals surface area contributed by atoms with Crippen LogP contribution in [0.5, 0.6) is 0 Å². The third-order valence-electron chi connectivity index (χ3n) is 5.65. The van der Waals surface area contributed by atoms with Crippen LogP contribution in [0.4, 0.5) is 45.7 Å². The Morgan fingerprint density at radius 2 is 1.48 bits per heavy atom. The number of aromatic amines is 1. The number of hydrogen-bond acceptors (Lipinski definition) is 8. The van der Waals surface area contributed by atoms with Crippen molar-refractivity contribution in [2.24, 2.45) is 0 Å². The average molecular weight is 748 g/mol. The van der Waals surface area contributed by atoms with E-state index in [4.69, 9.17) is 31.4 Å². The third-order valence-corrected chi connectivity index (χ3v) is 5.96. The number of halogens is 9. The van der Waals surface area contributed by atoms with Crippen LogP contribution < -0.4 is 36.9 Å². The van der Waals surface area contributed by atoms with Gasteiger partial charge in [-0.2, -0.15) is 26.3 Å². The zero-order chi connectivity index (χ0) is 38.2. The van der Waals surface area contributed by atoms with Gasteiger partial charge in [0.2, 0.25) is 11.6 Å². The van der Waals surface area contributed by atoms with Gasteiger partial charge in [-0.25, -0.2) is 28.3 Å². The molecule has 0 saturated carbocycles. The van der Waals surface area contributed by atoms with Gasteiger partial charge in [-0.15, -0.1) is 0 Å². The summed E-state index contributed by atoms with van der Waals surface area (Å²) in [5.41, 5.74) is 0.881. The molecule has 0 bridgehead atoms. The normalized spacial score (nSPS) is 11.5. The number of benzene rings is 1. The predicted molar refractivity (Wildman–Crippen MR) is 153 cm³/mol. The summed E-state index contributed by atoms with van der Waals surface area (Å²) in [7, 11) is 1.50. The number of alkyl halides is 8. The van der Waals surface area contributed by atoms with Crippen molar-refractivity contribution in [2.75, 3.05) is 12.4 Å². The molecule has 50 heavy (non-hydrogen) atoms. The topological polar surface area (TPSA) is 209 Å². The molecule has 0 radical (unpaired) electrons. The average Bonchev–Trinajstić information content (AvgIpc) is 3.04. The lowest BCUT2D eigenvalue weighted by Gasteiger charge is -2.16.